The first-order valence-corrected chi connectivity index (χ1v) is 40.6. The number of tetrazole rings is 2. The number of urea groups is 1. The molecule has 6 amide bonds. The minimum atomic E-state index is -4.01. The Bertz CT molecular complexity index is 5560. The number of benzene rings is 8. The summed E-state index contributed by atoms with van der Waals surface area (Å²) >= 11 is 18.0. The third-order valence-electron chi connectivity index (χ3n) is 14.7. The molecule has 0 fully saturated rings. The van der Waals surface area contributed by atoms with E-state index in [0.29, 0.717) is 110 Å². The lowest BCUT2D eigenvalue weighted by Gasteiger charge is -2.19. The van der Waals surface area contributed by atoms with Gasteiger partial charge in [-0.2, -0.15) is 20.8 Å². The molecule has 0 aliphatic rings. The van der Waals surface area contributed by atoms with Crippen LogP contribution in [-0.2, 0) is 49.2 Å². The van der Waals surface area contributed by atoms with E-state index in [1.165, 1.54) is 32.8 Å². The van der Waals surface area contributed by atoms with Crippen molar-refractivity contribution in [1.82, 2.24) is 71.7 Å². The van der Waals surface area contributed by atoms with Crippen molar-refractivity contribution >= 4 is 172 Å². The molecule has 8 aromatic carbocycles. The Morgan fingerprint density at radius 3 is 1.69 bits per heavy atom. The highest BCUT2D eigenvalue weighted by Gasteiger charge is 2.27. The van der Waals surface area contributed by atoms with Crippen LogP contribution in [0.5, 0.6) is 5.75 Å². The van der Waals surface area contributed by atoms with E-state index in [1.54, 1.807) is 176 Å². The first-order valence-electron chi connectivity index (χ1n) is 32.9. The van der Waals surface area contributed by atoms with Crippen molar-refractivity contribution < 1.29 is 54.0 Å². The Kier molecular flexibility index (Phi) is 32.3. The zero-order valence-electron chi connectivity index (χ0n) is 59.1. The number of hydrogen-bond donors (Lipinski definition) is 16. The van der Waals surface area contributed by atoms with Gasteiger partial charge in [-0.25, -0.2) is 39.4 Å². The second-order valence-corrected chi connectivity index (χ2v) is 31.9. The Labute approximate surface area is 665 Å². The maximum Gasteiger partial charge on any atom is 0.323 e. The minimum Gasteiger partial charge on any atom is -0.480 e. The number of aromatic nitrogens is 10. The number of anilines is 9. The molecule has 44 heteroatoms. The molecule has 3 heterocycles. The smallest absolute Gasteiger partial charge is 0.323 e. The molecule has 0 spiro atoms. The van der Waals surface area contributed by atoms with E-state index in [0.717, 1.165) is 27.6 Å². The molecule has 36 nitrogen and oxygen atoms in total. The van der Waals surface area contributed by atoms with Gasteiger partial charge in [-0.15, -0.1) is 4.83 Å². The fraction of sp³-hybridized carbons (Fsp3) is 0.147. The number of hydrogen-bond acceptors (Lipinski definition) is 27. The number of thioether (sulfide) groups is 1. The van der Waals surface area contributed by atoms with Gasteiger partial charge in [0.15, 0.2) is 19.6 Å². The van der Waals surface area contributed by atoms with Gasteiger partial charge in [0.1, 0.15) is 5.75 Å². The highest BCUT2D eigenvalue weighted by molar-refractivity contribution is 8.01. The number of aromatic amines is 3. The fourth-order valence-electron chi connectivity index (χ4n) is 9.48. The number of hydrazine groups is 4. The number of unbranched alkanes of at least 4 members (excludes halogenated alkanes) is 1. The Morgan fingerprint density at radius 1 is 0.589 bits per heavy atom. The van der Waals surface area contributed by atoms with Crippen LogP contribution in [0, 0.1) is 38.7 Å². The molecule has 11 aromatic rings. The number of rotatable bonds is 34. The van der Waals surface area contributed by atoms with Crippen LogP contribution in [-0.4, -0.2) is 125 Å². The van der Waals surface area contributed by atoms with Crippen molar-refractivity contribution in [3.8, 4) is 23.2 Å². The predicted molar refractivity (Wildman–Crippen MR) is 435 cm³/mol. The predicted octanol–water partition coefficient (Wildman–Crippen LogP) is 10.4. The molecule has 16 N–H and O–H groups in total. The number of nitrogens with zero attached hydrogens (tertiary/aromatic N) is 8. The minimum absolute atomic E-state index is 0.0358. The third-order valence-corrected chi connectivity index (χ3v) is 21.7. The van der Waals surface area contributed by atoms with Crippen molar-refractivity contribution in [3.05, 3.63) is 224 Å². The maximum absolute atomic E-state index is 12.7. The van der Waals surface area contributed by atoms with Gasteiger partial charge in [0.25, 0.3) is 15.9 Å². The van der Waals surface area contributed by atoms with Gasteiger partial charge in [0.05, 0.1) is 50.8 Å². The summed E-state index contributed by atoms with van der Waals surface area (Å²) in [7, 11) is -11.3. The lowest BCUT2D eigenvalue weighted by Crippen LogP contribution is -2.33. The Hall–Kier alpha value is -12.5. The zero-order chi connectivity index (χ0) is 80.5. The molecule has 0 bridgehead atoms. The summed E-state index contributed by atoms with van der Waals surface area (Å²) in [6.07, 6.45) is 2.63. The fourth-order valence-corrected chi connectivity index (χ4v) is 15.3. The molecule has 0 saturated heterocycles. The average Bonchev–Trinajstić information content (AvgIpc) is 1.56. The highest BCUT2D eigenvalue weighted by Crippen LogP contribution is 2.27. The molecule has 112 heavy (non-hydrogen) atoms. The molecule has 11 rings (SSSR count). The topological polar surface area (TPSA) is 499 Å². The Morgan fingerprint density at radius 2 is 1.12 bits per heavy atom. The Balaban J connectivity index is 0.000000189. The van der Waals surface area contributed by atoms with Crippen LogP contribution in [0.15, 0.2) is 203 Å². The van der Waals surface area contributed by atoms with Crippen molar-refractivity contribution in [1.29, 1.82) is 5.26 Å². The summed E-state index contributed by atoms with van der Waals surface area (Å²) in [6.45, 7) is 5.80. The van der Waals surface area contributed by atoms with Gasteiger partial charge < -0.3 is 26.1 Å². The van der Waals surface area contributed by atoms with Crippen molar-refractivity contribution in [2.45, 2.75) is 60.6 Å². The lowest BCUT2D eigenvalue weighted by molar-refractivity contribution is -0.123. The number of ether oxygens (including phenoxy) is 1. The summed E-state index contributed by atoms with van der Waals surface area (Å²) < 4.78 is 90.4. The molecule has 0 saturated carbocycles. The van der Waals surface area contributed by atoms with Crippen LogP contribution in [0.2, 0.25) is 0 Å². The molecular weight excluding hydrogens is 1600 g/mol. The van der Waals surface area contributed by atoms with E-state index >= 15 is 0 Å². The van der Waals surface area contributed by atoms with Crippen LogP contribution in [0.25, 0.3) is 11.4 Å². The third kappa shape index (κ3) is 27.3. The van der Waals surface area contributed by atoms with Gasteiger partial charge in [-0.05, 0) is 214 Å². The summed E-state index contributed by atoms with van der Waals surface area (Å²) in [5.41, 5.74) is 25.9. The number of nitrogens with one attached hydrogen (secondary N) is 16. The van der Waals surface area contributed by atoms with E-state index in [-0.39, 0.29) is 26.1 Å². The molecule has 0 aliphatic carbocycles. The summed E-state index contributed by atoms with van der Waals surface area (Å²) in [6, 6.07) is 54.9. The molecular formula is C68H72N24O12S8. The average molecular weight is 1670 g/mol. The maximum atomic E-state index is 12.7. The first kappa shape index (κ1) is 85.1. The summed E-state index contributed by atoms with van der Waals surface area (Å²) in [5, 5.41) is 42.8. The lowest BCUT2D eigenvalue weighted by atomic mass is 10.1. The van der Waals surface area contributed by atoms with E-state index in [4.69, 9.17) is 41.4 Å². The van der Waals surface area contributed by atoms with Crippen molar-refractivity contribution in [2.24, 2.45) is 0 Å². The van der Waals surface area contributed by atoms with Crippen LogP contribution in [0.3, 0.4) is 0 Å². The van der Waals surface area contributed by atoms with E-state index in [9.17, 15) is 54.5 Å². The monoisotopic (exact) mass is 1670 g/mol. The van der Waals surface area contributed by atoms with Crippen molar-refractivity contribution in [3.63, 3.8) is 0 Å². The largest absolute Gasteiger partial charge is 0.480 e. The van der Waals surface area contributed by atoms with E-state index < -0.39 is 47.5 Å². The number of carbonyl (C=O) groups excluding carboxylic acids is 5. The number of sulfonamides is 3. The quantitative estimate of drug-likeness (QED) is 0.00586. The van der Waals surface area contributed by atoms with Gasteiger partial charge in [0.2, 0.25) is 48.8 Å². The van der Waals surface area contributed by atoms with Gasteiger partial charge in [0, 0.05) is 34.2 Å². The first-order chi connectivity index (χ1) is 53.9. The molecule has 584 valence electrons. The van der Waals surface area contributed by atoms with Gasteiger partial charge >= 0.3 is 6.03 Å². The number of nitriles is 1. The number of carbonyl (C=O) groups is 5. The van der Waals surface area contributed by atoms with Gasteiger partial charge in [-0.1, -0.05) is 117 Å². The van der Waals surface area contributed by atoms with Crippen LogP contribution in [0.4, 0.5) is 56.0 Å². The second-order valence-electron chi connectivity index (χ2n) is 22.9. The van der Waals surface area contributed by atoms with Gasteiger partial charge in [-0.3, -0.25) is 66.3 Å². The molecule has 2 atom stereocenters. The molecule has 3 aromatic heterocycles. The van der Waals surface area contributed by atoms with Crippen LogP contribution >= 0.6 is 59.8 Å². The number of H-pyrrole nitrogens is 3. The molecule has 2 unspecified atom stereocenters. The van der Waals surface area contributed by atoms with E-state index in [1.807, 2.05) is 45.0 Å². The van der Waals surface area contributed by atoms with Crippen molar-refractivity contribution in [2.75, 3.05) is 58.6 Å². The normalized spacial score (nSPS) is 11.3. The molecule has 0 aliphatic heterocycles. The summed E-state index contributed by atoms with van der Waals surface area (Å²) in [4.78, 5) is 57.9. The SMILES string of the molecule is CCC(Oc1ccc(C)cc1C)C(=O)Nc1ccc(NNS(=O)(=O)C(C#N)c2ccccc2)cc1.O=CNNc1ccc(NC(=O)Nc2cccc(-n3[nH]nnc3=S)c2)cc1.O=CNNc1ccc(NS(=O)(=O)c2cccc(-n3[nH]nnc3=S)c2)cc1.O=CNNc1cccc(NS(=O)(=O)CCCCSc2n[nH]c(=S)s2)c1. The highest BCUT2D eigenvalue weighted by atomic mass is 32.2. The van der Waals surface area contributed by atoms with E-state index in [2.05, 4.69) is 109 Å². The summed E-state index contributed by atoms with van der Waals surface area (Å²) in [5.74, 6) is 1.19. The number of amides is 6. The second kappa shape index (κ2) is 42.5. The standard InChI is InChI=1S/C26H28N4O4S.C15H14N8O2S.C14H13N7O3S2.C13H17N5O3S4/c1-4-23(34-24-15-10-18(2)16-19(24)3)26(31)28-21-11-13-22(14-12-21)29-30-35(32,33)25(17-27)20-8-6-5-7-9-20;24-9-16-19-11-6-4-10(5-7-11)17-14(25)18-12-2-1-3-13(8-12)23-15(26)20-21-22-23;22-9-15-16-10-4-6-11(7-5-10)18-26(23,24)13-3-1-2-12(8-13)21-14(25)17-19-20-21;19-9-14-15-10-4-3-5-11(8-10)18-25(20,21)7-2-1-6-23-13-17-16-12(22)24-13/h5-16,23,25,29-30H,4H2,1-3H3,(H,28,31);1-9,19H,(H,16,24)(H2,17,18,25)(H,20,22,26);1-9,16,18H,(H,15,22)(H,17,20,25);3-5,8-9,15,18H,1-2,6-7H2,(H,14,19)(H,16,22). The molecule has 0 radical (unpaired) electrons. The zero-order valence-corrected chi connectivity index (χ0v) is 65.7. The van der Waals surface area contributed by atoms with Crippen LogP contribution < -0.4 is 72.9 Å². The number of aryl methyl sites for hydroxylation is 2. The van der Waals surface area contributed by atoms with Crippen LogP contribution in [0.1, 0.15) is 48.1 Å².